The molecular formula is C17H27NO. The van der Waals surface area contributed by atoms with E-state index in [1.807, 2.05) is 0 Å². The van der Waals surface area contributed by atoms with Crippen molar-refractivity contribution in [2.45, 2.75) is 52.2 Å². The van der Waals surface area contributed by atoms with Gasteiger partial charge < -0.3 is 10.1 Å². The number of rotatable bonds is 8. The molecule has 19 heavy (non-hydrogen) atoms. The molecule has 0 aromatic heterocycles. The van der Waals surface area contributed by atoms with Crippen molar-refractivity contribution in [3.63, 3.8) is 0 Å². The van der Waals surface area contributed by atoms with Crippen LogP contribution in [0.25, 0.3) is 0 Å². The molecule has 0 aliphatic heterocycles. The average Bonchev–Trinajstić information content (AvgIpc) is 3.22. The van der Waals surface area contributed by atoms with Crippen LogP contribution in [0.15, 0.2) is 24.3 Å². The Hall–Kier alpha value is -0.860. The number of likely N-dealkylation sites (N-methyl/N-ethyl adjacent to an activating group) is 1. The summed E-state index contributed by atoms with van der Waals surface area (Å²) in [7, 11) is 0. The quantitative estimate of drug-likeness (QED) is 0.775. The standard InChI is InChI=1S/C17H27NO/c1-4-18-16(17(19-5-2)15-10-11-15)12-14-8-6-13(3)7-9-14/h6-9,15-18H,4-5,10-12H2,1-3H3. The molecule has 1 saturated carbocycles. The molecule has 2 heteroatoms. The molecule has 0 heterocycles. The van der Waals surface area contributed by atoms with Crippen LogP contribution in [0, 0.1) is 12.8 Å². The maximum Gasteiger partial charge on any atom is 0.0759 e. The average molecular weight is 261 g/mol. The van der Waals surface area contributed by atoms with E-state index < -0.39 is 0 Å². The second-order valence-electron chi connectivity index (χ2n) is 5.61. The fourth-order valence-electron chi connectivity index (χ4n) is 2.74. The zero-order chi connectivity index (χ0) is 13.7. The third-order valence-electron chi connectivity index (χ3n) is 3.88. The highest BCUT2D eigenvalue weighted by Gasteiger charge is 2.36. The minimum absolute atomic E-state index is 0.381. The van der Waals surface area contributed by atoms with Crippen LogP contribution in [0.2, 0.25) is 0 Å². The first-order valence-electron chi connectivity index (χ1n) is 7.65. The van der Waals surface area contributed by atoms with E-state index in [4.69, 9.17) is 4.74 Å². The van der Waals surface area contributed by atoms with Gasteiger partial charge in [-0.15, -0.1) is 0 Å². The van der Waals surface area contributed by atoms with Gasteiger partial charge in [0.05, 0.1) is 6.10 Å². The molecular weight excluding hydrogens is 234 g/mol. The summed E-state index contributed by atoms with van der Waals surface area (Å²) in [5.74, 6) is 0.773. The van der Waals surface area contributed by atoms with Crippen molar-refractivity contribution in [3.05, 3.63) is 35.4 Å². The molecule has 0 spiro atoms. The summed E-state index contributed by atoms with van der Waals surface area (Å²) in [5, 5.41) is 3.63. The summed E-state index contributed by atoms with van der Waals surface area (Å²) in [6, 6.07) is 9.33. The van der Waals surface area contributed by atoms with Crippen LogP contribution in [0.3, 0.4) is 0 Å². The van der Waals surface area contributed by atoms with E-state index >= 15 is 0 Å². The highest BCUT2D eigenvalue weighted by molar-refractivity contribution is 5.22. The van der Waals surface area contributed by atoms with E-state index in [1.54, 1.807) is 0 Å². The molecule has 2 rings (SSSR count). The Morgan fingerprint density at radius 2 is 1.89 bits per heavy atom. The Labute approximate surface area is 117 Å². The molecule has 0 saturated heterocycles. The normalized spacial score (nSPS) is 18.3. The Bertz CT molecular complexity index is 369. The topological polar surface area (TPSA) is 21.3 Å². The Kier molecular flexibility index (Phi) is 5.41. The Balaban J connectivity index is 2.03. The van der Waals surface area contributed by atoms with Gasteiger partial charge in [0.15, 0.2) is 0 Å². The van der Waals surface area contributed by atoms with Gasteiger partial charge in [-0.05, 0) is 51.1 Å². The summed E-state index contributed by atoms with van der Waals surface area (Å²) < 4.78 is 6.01. The predicted octanol–water partition coefficient (Wildman–Crippen LogP) is 3.33. The summed E-state index contributed by atoms with van der Waals surface area (Å²) >= 11 is 0. The van der Waals surface area contributed by atoms with Crippen LogP contribution in [0.4, 0.5) is 0 Å². The number of nitrogens with one attached hydrogen (secondary N) is 1. The molecule has 0 radical (unpaired) electrons. The number of hydrogen-bond donors (Lipinski definition) is 1. The maximum absolute atomic E-state index is 6.01. The number of ether oxygens (including phenoxy) is 1. The largest absolute Gasteiger partial charge is 0.377 e. The first-order chi connectivity index (χ1) is 9.24. The summed E-state index contributed by atoms with van der Waals surface area (Å²) in [6.45, 7) is 8.24. The molecule has 0 bridgehead atoms. The van der Waals surface area contributed by atoms with E-state index in [-0.39, 0.29) is 0 Å². The van der Waals surface area contributed by atoms with Gasteiger partial charge in [0, 0.05) is 12.6 Å². The molecule has 1 N–H and O–H groups in total. The van der Waals surface area contributed by atoms with Crippen molar-refractivity contribution in [3.8, 4) is 0 Å². The van der Waals surface area contributed by atoms with E-state index in [0.717, 1.165) is 25.5 Å². The molecule has 1 aliphatic carbocycles. The minimum atomic E-state index is 0.381. The summed E-state index contributed by atoms with van der Waals surface area (Å²) in [5.41, 5.74) is 2.73. The summed E-state index contributed by atoms with van der Waals surface area (Å²) in [4.78, 5) is 0. The lowest BCUT2D eigenvalue weighted by Gasteiger charge is -2.28. The minimum Gasteiger partial charge on any atom is -0.377 e. The molecule has 1 aromatic rings. The highest BCUT2D eigenvalue weighted by atomic mass is 16.5. The molecule has 1 fully saturated rings. The van der Waals surface area contributed by atoms with E-state index in [9.17, 15) is 0 Å². The number of hydrogen-bond acceptors (Lipinski definition) is 2. The number of benzene rings is 1. The SMILES string of the molecule is CCNC(Cc1ccc(C)cc1)C(OCC)C1CC1. The van der Waals surface area contributed by atoms with Gasteiger partial charge in [0.2, 0.25) is 0 Å². The second kappa shape index (κ2) is 7.06. The zero-order valence-corrected chi connectivity index (χ0v) is 12.5. The predicted molar refractivity (Wildman–Crippen MR) is 80.5 cm³/mol. The van der Waals surface area contributed by atoms with E-state index in [1.165, 1.54) is 24.0 Å². The van der Waals surface area contributed by atoms with Crippen LogP contribution in [0.1, 0.15) is 37.8 Å². The van der Waals surface area contributed by atoms with Crippen LogP contribution in [0.5, 0.6) is 0 Å². The lowest BCUT2D eigenvalue weighted by molar-refractivity contribution is 0.0196. The van der Waals surface area contributed by atoms with Crippen molar-refractivity contribution >= 4 is 0 Å². The fraction of sp³-hybridized carbons (Fsp3) is 0.647. The van der Waals surface area contributed by atoms with Crippen molar-refractivity contribution < 1.29 is 4.74 Å². The monoisotopic (exact) mass is 261 g/mol. The second-order valence-corrected chi connectivity index (χ2v) is 5.61. The van der Waals surface area contributed by atoms with Gasteiger partial charge in [0.25, 0.3) is 0 Å². The van der Waals surface area contributed by atoms with Crippen LogP contribution < -0.4 is 5.32 Å². The molecule has 2 atom stereocenters. The van der Waals surface area contributed by atoms with Crippen LogP contribution >= 0.6 is 0 Å². The van der Waals surface area contributed by atoms with Gasteiger partial charge in [-0.1, -0.05) is 36.8 Å². The van der Waals surface area contributed by atoms with Crippen LogP contribution in [-0.2, 0) is 11.2 Å². The third kappa shape index (κ3) is 4.32. The molecule has 106 valence electrons. The van der Waals surface area contributed by atoms with Gasteiger partial charge in [-0.3, -0.25) is 0 Å². The third-order valence-corrected chi connectivity index (χ3v) is 3.88. The maximum atomic E-state index is 6.01. The summed E-state index contributed by atoms with van der Waals surface area (Å²) in [6.07, 6.45) is 4.11. The first-order valence-corrected chi connectivity index (χ1v) is 7.65. The van der Waals surface area contributed by atoms with Gasteiger partial charge in [0.1, 0.15) is 0 Å². The van der Waals surface area contributed by atoms with Gasteiger partial charge in [-0.25, -0.2) is 0 Å². The number of aryl methyl sites for hydroxylation is 1. The molecule has 1 aromatic carbocycles. The molecule has 0 amide bonds. The van der Waals surface area contributed by atoms with Crippen molar-refractivity contribution in [1.82, 2.24) is 5.32 Å². The lowest BCUT2D eigenvalue weighted by Crippen LogP contribution is -2.44. The molecule has 2 nitrogen and oxygen atoms in total. The first kappa shape index (κ1) is 14.5. The van der Waals surface area contributed by atoms with Gasteiger partial charge in [-0.2, -0.15) is 0 Å². The lowest BCUT2D eigenvalue weighted by atomic mass is 9.97. The van der Waals surface area contributed by atoms with Crippen molar-refractivity contribution in [1.29, 1.82) is 0 Å². The molecule has 1 aliphatic rings. The van der Waals surface area contributed by atoms with Crippen molar-refractivity contribution in [2.75, 3.05) is 13.2 Å². The Morgan fingerprint density at radius 3 is 2.42 bits per heavy atom. The van der Waals surface area contributed by atoms with E-state index in [0.29, 0.717) is 12.1 Å². The van der Waals surface area contributed by atoms with Crippen LogP contribution in [-0.4, -0.2) is 25.3 Å². The molecule has 2 unspecified atom stereocenters. The highest BCUT2D eigenvalue weighted by Crippen LogP contribution is 2.36. The fourth-order valence-corrected chi connectivity index (χ4v) is 2.74. The van der Waals surface area contributed by atoms with Crippen molar-refractivity contribution in [2.24, 2.45) is 5.92 Å². The van der Waals surface area contributed by atoms with E-state index in [2.05, 4.69) is 50.4 Å². The van der Waals surface area contributed by atoms with Gasteiger partial charge >= 0.3 is 0 Å². The Morgan fingerprint density at radius 1 is 1.21 bits per heavy atom. The smallest absolute Gasteiger partial charge is 0.0759 e. The zero-order valence-electron chi connectivity index (χ0n) is 12.5.